The Morgan fingerprint density at radius 1 is 0.963 bits per heavy atom. The molecule has 1 aromatic heterocycles. The maximum absolute atomic E-state index is 10.9. The van der Waals surface area contributed by atoms with Gasteiger partial charge in [0.2, 0.25) is 0 Å². The third-order valence-corrected chi connectivity index (χ3v) is 4.79. The Balaban J connectivity index is 1.74. The summed E-state index contributed by atoms with van der Waals surface area (Å²) in [5, 5.41) is 14.2. The predicted molar refractivity (Wildman–Crippen MR) is 109 cm³/mol. The molecule has 0 amide bonds. The number of aliphatic hydroxyl groups is 1. The highest BCUT2D eigenvalue weighted by Gasteiger charge is 2.28. The van der Waals surface area contributed by atoms with E-state index in [-0.39, 0.29) is 11.7 Å². The van der Waals surface area contributed by atoms with Crippen LogP contribution in [0.1, 0.15) is 23.7 Å². The Kier molecular flexibility index (Phi) is 4.67. The summed E-state index contributed by atoms with van der Waals surface area (Å²) in [6.07, 6.45) is 4.16. The standard InChI is InChI=1S/C24H21NO2/c1-17(25-20-11-6-3-7-12-20)24-21(18-9-4-2-5-10-18)15-19(16-22(24)26)23-13-8-14-27-23/h2-14,16,21,25-26H,1,15H2. The van der Waals surface area contributed by atoms with Crippen molar-refractivity contribution in [2.75, 3.05) is 5.32 Å². The highest BCUT2D eigenvalue weighted by atomic mass is 16.3. The normalized spacial score (nSPS) is 16.7. The van der Waals surface area contributed by atoms with Gasteiger partial charge < -0.3 is 14.8 Å². The number of rotatable bonds is 5. The van der Waals surface area contributed by atoms with Gasteiger partial charge in [-0.25, -0.2) is 0 Å². The van der Waals surface area contributed by atoms with Gasteiger partial charge in [0.05, 0.1) is 6.26 Å². The van der Waals surface area contributed by atoms with E-state index in [2.05, 4.69) is 24.0 Å². The summed E-state index contributed by atoms with van der Waals surface area (Å²) in [4.78, 5) is 0. The lowest BCUT2D eigenvalue weighted by Crippen LogP contribution is -2.15. The molecular weight excluding hydrogens is 334 g/mol. The number of nitrogens with one attached hydrogen (secondary N) is 1. The summed E-state index contributed by atoms with van der Waals surface area (Å²) in [5.41, 5.74) is 4.55. The Labute approximate surface area is 159 Å². The van der Waals surface area contributed by atoms with Crippen molar-refractivity contribution in [3.05, 3.63) is 120 Å². The molecule has 2 N–H and O–H groups in total. The zero-order valence-corrected chi connectivity index (χ0v) is 14.9. The first-order valence-electron chi connectivity index (χ1n) is 8.96. The summed E-state index contributed by atoms with van der Waals surface area (Å²) in [7, 11) is 0. The third-order valence-electron chi connectivity index (χ3n) is 4.79. The maximum Gasteiger partial charge on any atom is 0.129 e. The zero-order valence-electron chi connectivity index (χ0n) is 14.9. The molecule has 3 aromatic rings. The highest BCUT2D eigenvalue weighted by molar-refractivity contribution is 5.71. The van der Waals surface area contributed by atoms with Crippen molar-refractivity contribution in [3.8, 4) is 0 Å². The van der Waals surface area contributed by atoms with E-state index >= 15 is 0 Å². The smallest absolute Gasteiger partial charge is 0.129 e. The third kappa shape index (κ3) is 3.58. The molecule has 3 nitrogen and oxygen atoms in total. The van der Waals surface area contributed by atoms with E-state index < -0.39 is 0 Å². The molecule has 27 heavy (non-hydrogen) atoms. The average molecular weight is 355 g/mol. The molecule has 1 heterocycles. The first-order chi connectivity index (χ1) is 13.2. The molecule has 0 aliphatic heterocycles. The van der Waals surface area contributed by atoms with E-state index in [1.807, 2.05) is 60.7 Å². The van der Waals surface area contributed by atoms with E-state index in [1.54, 1.807) is 12.3 Å². The van der Waals surface area contributed by atoms with Crippen molar-refractivity contribution in [1.29, 1.82) is 0 Å². The highest BCUT2D eigenvalue weighted by Crippen LogP contribution is 2.43. The summed E-state index contributed by atoms with van der Waals surface area (Å²) < 4.78 is 5.56. The number of hydrogen-bond acceptors (Lipinski definition) is 3. The van der Waals surface area contributed by atoms with Crippen LogP contribution in [0, 0.1) is 0 Å². The van der Waals surface area contributed by atoms with Crippen LogP contribution in [-0.4, -0.2) is 5.11 Å². The lowest BCUT2D eigenvalue weighted by atomic mass is 9.79. The van der Waals surface area contributed by atoms with E-state index in [1.165, 1.54) is 0 Å². The lowest BCUT2D eigenvalue weighted by molar-refractivity contribution is 0.417. The van der Waals surface area contributed by atoms with Crippen LogP contribution >= 0.6 is 0 Å². The minimum Gasteiger partial charge on any atom is -0.508 e. The minimum atomic E-state index is -0.0139. The molecule has 0 saturated carbocycles. The minimum absolute atomic E-state index is 0.0139. The summed E-state index contributed by atoms with van der Waals surface area (Å²) in [5.74, 6) is 0.984. The number of hydrogen-bond donors (Lipinski definition) is 2. The number of anilines is 1. The second-order valence-electron chi connectivity index (χ2n) is 6.58. The Morgan fingerprint density at radius 2 is 1.67 bits per heavy atom. The number of furan rings is 1. The number of benzene rings is 2. The van der Waals surface area contributed by atoms with E-state index in [4.69, 9.17) is 4.42 Å². The molecule has 1 aliphatic carbocycles. The topological polar surface area (TPSA) is 45.4 Å². The molecule has 0 spiro atoms. The zero-order chi connectivity index (χ0) is 18.6. The largest absolute Gasteiger partial charge is 0.508 e. The van der Waals surface area contributed by atoms with E-state index in [0.717, 1.165) is 34.6 Å². The van der Waals surface area contributed by atoms with E-state index in [9.17, 15) is 5.11 Å². The fraction of sp³-hybridized carbons (Fsp3) is 0.0833. The molecule has 0 radical (unpaired) electrons. The monoisotopic (exact) mass is 355 g/mol. The van der Waals surface area contributed by atoms with Gasteiger partial charge in [-0.2, -0.15) is 0 Å². The van der Waals surface area contributed by atoms with Crippen LogP contribution in [-0.2, 0) is 0 Å². The number of allylic oxidation sites excluding steroid dienone is 3. The van der Waals surface area contributed by atoms with Crippen LogP contribution < -0.4 is 5.32 Å². The van der Waals surface area contributed by atoms with Crippen LogP contribution in [0.5, 0.6) is 0 Å². The molecule has 1 atom stereocenters. The van der Waals surface area contributed by atoms with Gasteiger partial charge >= 0.3 is 0 Å². The van der Waals surface area contributed by atoms with Crippen molar-refractivity contribution in [3.63, 3.8) is 0 Å². The fourth-order valence-electron chi connectivity index (χ4n) is 3.53. The van der Waals surface area contributed by atoms with E-state index in [0.29, 0.717) is 5.70 Å². The van der Waals surface area contributed by atoms with Crippen LogP contribution in [0.2, 0.25) is 0 Å². The lowest BCUT2D eigenvalue weighted by Gasteiger charge is -2.28. The van der Waals surface area contributed by atoms with Crippen molar-refractivity contribution in [2.45, 2.75) is 12.3 Å². The summed E-state index contributed by atoms with van der Waals surface area (Å²) in [6, 6.07) is 23.8. The average Bonchev–Trinajstić information content (AvgIpc) is 3.23. The SMILES string of the molecule is C=C(Nc1ccccc1)C1=C(O)C=C(c2ccco2)CC1c1ccccc1. The molecule has 4 rings (SSSR count). The van der Waals surface area contributed by atoms with Gasteiger partial charge in [-0.3, -0.25) is 0 Å². The van der Waals surface area contributed by atoms with Crippen molar-refractivity contribution >= 4 is 11.3 Å². The van der Waals surface area contributed by atoms with Gasteiger partial charge in [0.15, 0.2) is 0 Å². The van der Waals surface area contributed by atoms with Gasteiger partial charge in [-0.15, -0.1) is 0 Å². The molecule has 3 heteroatoms. The van der Waals surface area contributed by atoms with Crippen molar-refractivity contribution < 1.29 is 9.52 Å². The second-order valence-corrected chi connectivity index (χ2v) is 6.58. The summed E-state index contributed by atoms with van der Waals surface area (Å²) in [6.45, 7) is 4.21. The van der Waals surface area contributed by atoms with Gasteiger partial charge in [0.1, 0.15) is 11.5 Å². The van der Waals surface area contributed by atoms with Crippen LogP contribution in [0.25, 0.3) is 5.57 Å². The second kappa shape index (κ2) is 7.42. The maximum atomic E-state index is 10.9. The quantitative estimate of drug-likeness (QED) is 0.565. The Bertz CT molecular complexity index is 983. The van der Waals surface area contributed by atoms with Crippen LogP contribution in [0.3, 0.4) is 0 Å². The fourth-order valence-corrected chi connectivity index (χ4v) is 3.53. The molecule has 0 fully saturated rings. The molecular formula is C24H21NO2. The van der Waals surface area contributed by atoms with Crippen molar-refractivity contribution in [1.82, 2.24) is 0 Å². The van der Waals surface area contributed by atoms with Crippen molar-refractivity contribution in [2.24, 2.45) is 0 Å². The Hall–Kier alpha value is -3.46. The van der Waals surface area contributed by atoms with Gasteiger partial charge in [-0.1, -0.05) is 55.1 Å². The molecule has 1 unspecified atom stereocenters. The van der Waals surface area contributed by atoms with Crippen LogP contribution in [0.4, 0.5) is 5.69 Å². The van der Waals surface area contributed by atoms with Gasteiger partial charge in [0.25, 0.3) is 0 Å². The first kappa shape index (κ1) is 17.0. The van der Waals surface area contributed by atoms with Crippen LogP contribution in [0.15, 0.2) is 113 Å². The number of para-hydroxylation sites is 1. The first-order valence-corrected chi connectivity index (χ1v) is 8.96. The summed E-state index contributed by atoms with van der Waals surface area (Å²) >= 11 is 0. The molecule has 134 valence electrons. The molecule has 1 aliphatic rings. The van der Waals surface area contributed by atoms with Gasteiger partial charge in [-0.05, 0) is 47.9 Å². The molecule has 0 bridgehead atoms. The molecule has 2 aromatic carbocycles. The van der Waals surface area contributed by atoms with Gasteiger partial charge in [0, 0.05) is 22.9 Å². The predicted octanol–water partition coefficient (Wildman–Crippen LogP) is 6.29. The molecule has 0 saturated heterocycles. The number of aliphatic hydroxyl groups excluding tert-OH is 1. The Morgan fingerprint density at radius 3 is 2.33 bits per heavy atom.